The lowest BCUT2D eigenvalue weighted by molar-refractivity contribution is -0.115. The molecule has 0 fully saturated rings. The van der Waals surface area contributed by atoms with Crippen molar-refractivity contribution in [3.05, 3.63) is 76.6 Å². The molecular formula is C25H20N2O5S2. The molecule has 0 saturated carbocycles. The topological polar surface area (TPSA) is 78.0 Å². The number of thiazole rings is 1. The van der Waals surface area contributed by atoms with E-state index in [1.54, 1.807) is 11.4 Å². The summed E-state index contributed by atoms with van der Waals surface area (Å²) in [5.74, 6) is 0.865. The highest BCUT2D eigenvalue weighted by Crippen LogP contribution is 2.37. The van der Waals surface area contributed by atoms with Gasteiger partial charge in [0.2, 0.25) is 5.91 Å². The van der Waals surface area contributed by atoms with Crippen molar-refractivity contribution in [3.63, 3.8) is 0 Å². The summed E-state index contributed by atoms with van der Waals surface area (Å²) >= 11 is 2.67. The van der Waals surface area contributed by atoms with E-state index in [0.717, 1.165) is 21.9 Å². The number of carbonyl (C=O) groups excluding carboxylic acids is 2. The molecule has 1 aliphatic rings. The number of hydrogen-bond acceptors (Lipinski definition) is 8. The molecule has 0 unspecified atom stereocenters. The van der Waals surface area contributed by atoms with Gasteiger partial charge in [0.05, 0.1) is 11.4 Å². The third-order valence-electron chi connectivity index (χ3n) is 5.05. The van der Waals surface area contributed by atoms with Gasteiger partial charge in [-0.2, -0.15) is 0 Å². The molecule has 0 bridgehead atoms. The minimum atomic E-state index is -0.421. The molecule has 0 aliphatic carbocycles. The highest BCUT2D eigenvalue weighted by Gasteiger charge is 2.19. The first kappa shape index (κ1) is 22.1. The van der Waals surface area contributed by atoms with Crippen molar-refractivity contribution >= 4 is 45.4 Å². The lowest BCUT2D eigenvalue weighted by atomic mass is 10.1. The molecule has 172 valence electrons. The van der Waals surface area contributed by atoms with Crippen molar-refractivity contribution in [2.24, 2.45) is 0 Å². The number of para-hydroxylation sites is 1. The summed E-state index contributed by atoms with van der Waals surface area (Å²) in [5.41, 5.74) is 2.26. The van der Waals surface area contributed by atoms with Crippen molar-refractivity contribution in [1.82, 2.24) is 4.98 Å². The number of anilines is 2. The van der Waals surface area contributed by atoms with Crippen LogP contribution in [-0.4, -0.2) is 30.1 Å². The number of benzene rings is 2. The monoisotopic (exact) mass is 492 g/mol. The number of esters is 1. The summed E-state index contributed by atoms with van der Waals surface area (Å²) < 4.78 is 16.7. The van der Waals surface area contributed by atoms with Gasteiger partial charge in [-0.1, -0.05) is 18.2 Å². The number of thiophene rings is 1. The number of carbonyl (C=O) groups is 2. The van der Waals surface area contributed by atoms with Crippen LogP contribution in [0.3, 0.4) is 0 Å². The Hall–Kier alpha value is -3.69. The van der Waals surface area contributed by atoms with E-state index in [2.05, 4.69) is 4.98 Å². The summed E-state index contributed by atoms with van der Waals surface area (Å²) in [6.45, 7) is 2.57. The lowest BCUT2D eigenvalue weighted by Crippen LogP contribution is -2.22. The number of ether oxygens (including phenoxy) is 3. The Labute approximate surface area is 204 Å². The van der Waals surface area contributed by atoms with E-state index in [9.17, 15) is 9.59 Å². The largest absolute Gasteiger partial charge is 0.486 e. The number of aromatic nitrogens is 1. The van der Waals surface area contributed by atoms with E-state index >= 15 is 0 Å². The van der Waals surface area contributed by atoms with E-state index < -0.39 is 5.97 Å². The van der Waals surface area contributed by atoms with Gasteiger partial charge in [-0.3, -0.25) is 9.69 Å². The first-order valence-corrected chi connectivity index (χ1v) is 12.3. The summed E-state index contributed by atoms with van der Waals surface area (Å²) in [4.78, 5) is 32.3. The zero-order chi connectivity index (χ0) is 23.5. The van der Waals surface area contributed by atoms with Crippen LogP contribution < -0.4 is 14.4 Å². The predicted molar refractivity (Wildman–Crippen MR) is 131 cm³/mol. The van der Waals surface area contributed by atoms with Crippen molar-refractivity contribution in [2.75, 3.05) is 18.1 Å². The molecule has 5 rings (SSSR count). The maximum atomic E-state index is 12.6. The van der Waals surface area contributed by atoms with Crippen molar-refractivity contribution < 1.29 is 23.8 Å². The van der Waals surface area contributed by atoms with Gasteiger partial charge in [0.25, 0.3) is 0 Å². The molecule has 4 aromatic rings. The Balaban J connectivity index is 1.25. The van der Waals surface area contributed by atoms with E-state index in [4.69, 9.17) is 14.2 Å². The number of hydrogen-bond donors (Lipinski definition) is 0. The van der Waals surface area contributed by atoms with Gasteiger partial charge < -0.3 is 14.2 Å². The first-order chi connectivity index (χ1) is 16.6. The fraction of sp³-hybridized carbons (Fsp3) is 0.160. The Morgan fingerprint density at radius 1 is 1.03 bits per heavy atom. The van der Waals surface area contributed by atoms with Gasteiger partial charge in [0.15, 0.2) is 16.6 Å². The Kier molecular flexibility index (Phi) is 6.29. The normalized spacial score (nSPS) is 12.3. The molecule has 2 aromatic heterocycles. The van der Waals surface area contributed by atoms with E-state index in [-0.39, 0.29) is 12.5 Å². The number of fused-ring (bicyclic) bond motifs is 1. The average Bonchev–Trinajstić information content (AvgIpc) is 3.53. The molecular weight excluding hydrogens is 472 g/mol. The smallest absolute Gasteiger partial charge is 0.348 e. The minimum absolute atomic E-state index is 0.0210. The van der Waals surface area contributed by atoms with Gasteiger partial charge in [-0.15, -0.1) is 22.7 Å². The molecule has 0 radical (unpaired) electrons. The fourth-order valence-electron chi connectivity index (χ4n) is 3.48. The van der Waals surface area contributed by atoms with Crippen molar-refractivity contribution in [1.29, 1.82) is 0 Å². The summed E-state index contributed by atoms with van der Waals surface area (Å²) in [7, 11) is 0. The van der Waals surface area contributed by atoms with Gasteiger partial charge >= 0.3 is 5.97 Å². The van der Waals surface area contributed by atoms with Gasteiger partial charge in [-0.05, 0) is 48.0 Å². The summed E-state index contributed by atoms with van der Waals surface area (Å²) in [6.07, 6.45) is 0. The molecule has 0 N–H and O–H groups in total. The second-order valence-corrected chi connectivity index (χ2v) is 9.33. The van der Waals surface area contributed by atoms with Gasteiger partial charge in [0, 0.05) is 17.2 Å². The van der Waals surface area contributed by atoms with Crippen LogP contribution in [0, 0.1) is 0 Å². The third-order valence-corrected chi connectivity index (χ3v) is 7.03. The SMILES string of the molecule is CC(=O)N(c1ccccc1)c1nc(COC(=O)c2ccc(-c3ccc4c(c3)OCCO4)s2)cs1. The molecule has 9 heteroatoms. The van der Waals surface area contributed by atoms with E-state index in [1.165, 1.54) is 34.5 Å². The number of rotatable bonds is 6. The zero-order valence-corrected chi connectivity index (χ0v) is 19.9. The van der Waals surface area contributed by atoms with Gasteiger partial charge in [-0.25, -0.2) is 9.78 Å². The highest BCUT2D eigenvalue weighted by molar-refractivity contribution is 7.17. The minimum Gasteiger partial charge on any atom is -0.486 e. The number of nitrogens with zero attached hydrogens (tertiary/aromatic N) is 2. The van der Waals surface area contributed by atoms with Crippen molar-refractivity contribution in [2.45, 2.75) is 13.5 Å². The average molecular weight is 493 g/mol. The highest BCUT2D eigenvalue weighted by atomic mass is 32.1. The second-order valence-electron chi connectivity index (χ2n) is 7.41. The molecule has 2 aromatic carbocycles. The van der Waals surface area contributed by atoms with Crippen LogP contribution in [0.25, 0.3) is 10.4 Å². The van der Waals surface area contributed by atoms with Crippen LogP contribution in [0.4, 0.5) is 10.8 Å². The quantitative estimate of drug-likeness (QED) is 0.322. The van der Waals surface area contributed by atoms with Crippen molar-refractivity contribution in [3.8, 4) is 21.9 Å². The molecule has 7 nitrogen and oxygen atoms in total. The summed E-state index contributed by atoms with van der Waals surface area (Å²) in [6, 6.07) is 18.7. The maximum Gasteiger partial charge on any atom is 0.348 e. The van der Waals surface area contributed by atoms with Crippen LogP contribution in [0.2, 0.25) is 0 Å². The van der Waals surface area contributed by atoms with Gasteiger partial charge in [0.1, 0.15) is 24.7 Å². The molecule has 1 aliphatic heterocycles. The molecule has 1 amide bonds. The van der Waals surface area contributed by atoms with Crippen LogP contribution >= 0.6 is 22.7 Å². The first-order valence-electron chi connectivity index (χ1n) is 10.6. The van der Waals surface area contributed by atoms with Crippen LogP contribution in [0.15, 0.2) is 66.0 Å². The second kappa shape index (κ2) is 9.66. The molecule has 0 saturated heterocycles. The fourth-order valence-corrected chi connectivity index (χ4v) is 5.25. The van der Waals surface area contributed by atoms with E-state index in [0.29, 0.717) is 34.7 Å². The van der Waals surface area contributed by atoms with Crippen LogP contribution in [0.1, 0.15) is 22.3 Å². The number of amides is 1. The maximum absolute atomic E-state index is 12.6. The molecule has 0 spiro atoms. The Bertz CT molecular complexity index is 1330. The molecule has 0 atom stereocenters. The van der Waals surface area contributed by atoms with E-state index in [1.807, 2.05) is 54.6 Å². The Morgan fingerprint density at radius 3 is 2.62 bits per heavy atom. The predicted octanol–water partition coefficient (Wildman–Crippen LogP) is 5.68. The van der Waals surface area contributed by atoms with Crippen LogP contribution in [-0.2, 0) is 16.1 Å². The lowest BCUT2D eigenvalue weighted by Gasteiger charge is -2.18. The van der Waals surface area contributed by atoms with Crippen LogP contribution in [0.5, 0.6) is 11.5 Å². The Morgan fingerprint density at radius 2 is 1.82 bits per heavy atom. The standard InChI is InChI=1S/C25H20N2O5S2/c1-16(28)27(19-5-3-2-4-6-19)25-26-18(15-33-25)14-32-24(29)23-10-9-22(34-23)17-7-8-20-21(13-17)31-12-11-30-20/h2-10,13,15H,11-12,14H2,1H3. The summed E-state index contributed by atoms with van der Waals surface area (Å²) in [5, 5.41) is 2.32. The molecule has 34 heavy (non-hydrogen) atoms. The third kappa shape index (κ3) is 4.66. The molecule has 3 heterocycles. The zero-order valence-electron chi connectivity index (χ0n) is 18.2.